The Morgan fingerprint density at radius 2 is 2.53 bits per heavy atom. The molecular weight excluding hydrogens is 196 g/mol. The summed E-state index contributed by atoms with van der Waals surface area (Å²) < 4.78 is 4.90. The van der Waals surface area contributed by atoms with Crippen molar-refractivity contribution in [1.82, 2.24) is 10.2 Å². The van der Waals surface area contributed by atoms with Crippen molar-refractivity contribution in [2.75, 3.05) is 6.61 Å². The maximum Gasteiger partial charge on any atom is 0.359 e. The Balaban J connectivity index is 2.24. The number of esters is 1. The monoisotopic (exact) mass is 210 g/mol. The molecule has 2 N–H and O–H groups in total. The second kappa shape index (κ2) is 4.02. The normalized spacial score (nSPS) is 19.7. The third-order valence-electron chi connectivity index (χ3n) is 2.59. The topological polar surface area (TPSA) is 75.2 Å². The van der Waals surface area contributed by atoms with Gasteiger partial charge in [0.05, 0.1) is 12.7 Å². The van der Waals surface area contributed by atoms with E-state index in [2.05, 4.69) is 10.2 Å². The number of aliphatic hydroxyl groups excluding tert-OH is 1. The van der Waals surface area contributed by atoms with Crippen molar-refractivity contribution in [2.24, 2.45) is 0 Å². The smallest absolute Gasteiger partial charge is 0.359 e. The number of rotatable bonds is 2. The third-order valence-corrected chi connectivity index (χ3v) is 2.59. The Morgan fingerprint density at radius 1 is 1.73 bits per heavy atom. The van der Waals surface area contributed by atoms with Gasteiger partial charge in [-0.15, -0.1) is 0 Å². The quantitative estimate of drug-likeness (QED) is 0.694. The number of nitrogens with zero attached hydrogens (tertiary/aromatic N) is 1. The Bertz CT molecular complexity index is 373. The Kier molecular flexibility index (Phi) is 2.73. The van der Waals surface area contributed by atoms with Crippen LogP contribution in [-0.4, -0.2) is 34.0 Å². The van der Waals surface area contributed by atoms with Crippen LogP contribution in [0.3, 0.4) is 0 Å². The molecule has 5 heteroatoms. The lowest BCUT2D eigenvalue weighted by Crippen LogP contribution is -2.19. The van der Waals surface area contributed by atoms with Gasteiger partial charge in [-0.2, -0.15) is 5.10 Å². The largest absolute Gasteiger partial charge is 0.461 e. The number of fused-ring (bicyclic) bond motifs is 1. The van der Waals surface area contributed by atoms with Crippen molar-refractivity contribution < 1.29 is 14.6 Å². The molecule has 82 valence electrons. The van der Waals surface area contributed by atoms with Crippen LogP contribution in [0.15, 0.2) is 0 Å². The summed E-state index contributed by atoms with van der Waals surface area (Å²) >= 11 is 0. The lowest BCUT2D eigenvalue weighted by molar-refractivity contribution is 0.0517. The maximum absolute atomic E-state index is 11.5. The molecule has 2 rings (SSSR count). The molecule has 0 radical (unpaired) electrons. The van der Waals surface area contributed by atoms with Gasteiger partial charge in [-0.25, -0.2) is 4.79 Å². The highest BCUT2D eigenvalue weighted by atomic mass is 16.5. The first kappa shape index (κ1) is 10.2. The second-order valence-electron chi connectivity index (χ2n) is 3.65. The van der Waals surface area contributed by atoms with Crippen LogP contribution in [0.5, 0.6) is 0 Å². The van der Waals surface area contributed by atoms with E-state index in [0.717, 1.165) is 11.3 Å². The van der Waals surface area contributed by atoms with Crippen molar-refractivity contribution in [3.05, 3.63) is 17.0 Å². The molecule has 0 spiro atoms. The van der Waals surface area contributed by atoms with Gasteiger partial charge in [-0.3, -0.25) is 5.10 Å². The highest BCUT2D eigenvalue weighted by molar-refractivity contribution is 5.89. The predicted molar refractivity (Wildman–Crippen MR) is 52.6 cm³/mol. The fourth-order valence-electron chi connectivity index (χ4n) is 1.86. The third kappa shape index (κ3) is 1.87. The molecule has 0 saturated carbocycles. The van der Waals surface area contributed by atoms with Crippen molar-refractivity contribution in [3.8, 4) is 0 Å². The average Bonchev–Trinajstić information content (AvgIpc) is 2.60. The summed E-state index contributed by atoms with van der Waals surface area (Å²) in [6.45, 7) is 2.11. The van der Waals surface area contributed by atoms with E-state index in [1.807, 2.05) is 0 Å². The van der Waals surface area contributed by atoms with Crippen molar-refractivity contribution >= 4 is 5.97 Å². The van der Waals surface area contributed by atoms with Crippen molar-refractivity contribution in [2.45, 2.75) is 32.3 Å². The summed E-state index contributed by atoms with van der Waals surface area (Å²) in [6, 6.07) is 0. The molecule has 1 atom stereocenters. The highest BCUT2D eigenvalue weighted by Gasteiger charge is 2.25. The molecule has 0 aromatic carbocycles. The number of nitrogens with one attached hydrogen (secondary N) is 1. The van der Waals surface area contributed by atoms with E-state index in [1.165, 1.54) is 0 Å². The fourth-order valence-corrected chi connectivity index (χ4v) is 1.86. The number of hydrogen-bond donors (Lipinski definition) is 2. The molecule has 0 unspecified atom stereocenters. The van der Waals surface area contributed by atoms with Gasteiger partial charge in [0.25, 0.3) is 0 Å². The zero-order chi connectivity index (χ0) is 10.8. The Morgan fingerprint density at radius 3 is 3.27 bits per heavy atom. The molecule has 0 aliphatic heterocycles. The molecule has 1 aliphatic carbocycles. The lowest BCUT2D eigenvalue weighted by atomic mass is 9.94. The van der Waals surface area contributed by atoms with Crippen LogP contribution in [0, 0.1) is 0 Å². The number of aromatic amines is 1. The Hall–Kier alpha value is -1.36. The van der Waals surface area contributed by atoms with E-state index >= 15 is 0 Å². The van der Waals surface area contributed by atoms with Gasteiger partial charge < -0.3 is 9.84 Å². The molecule has 0 bridgehead atoms. The van der Waals surface area contributed by atoms with Crippen LogP contribution in [0.1, 0.15) is 35.1 Å². The summed E-state index contributed by atoms with van der Waals surface area (Å²) in [5, 5.41) is 16.2. The van der Waals surface area contributed by atoms with Crippen LogP contribution < -0.4 is 0 Å². The van der Waals surface area contributed by atoms with Crippen LogP contribution in [0.4, 0.5) is 0 Å². The minimum absolute atomic E-state index is 0.326. The molecule has 1 aromatic heterocycles. The molecule has 5 nitrogen and oxygen atoms in total. The summed E-state index contributed by atoms with van der Waals surface area (Å²) in [5.41, 5.74) is 2.13. The summed E-state index contributed by atoms with van der Waals surface area (Å²) in [5.74, 6) is -0.383. The molecule has 1 aromatic rings. The zero-order valence-corrected chi connectivity index (χ0v) is 8.62. The van der Waals surface area contributed by atoms with E-state index in [9.17, 15) is 9.90 Å². The molecule has 0 saturated heterocycles. The summed E-state index contributed by atoms with van der Waals surface area (Å²) in [4.78, 5) is 11.5. The first-order valence-electron chi connectivity index (χ1n) is 5.13. The number of carbonyl (C=O) groups is 1. The van der Waals surface area contributed by atoms with Crippen LogP contribution in [0.2, 0.25) is 0 Å². The molecule has 1 heterocycles. The summed E-state index contributed by atoms with van der Waals surface area (Å²) in [7, 11) is 0. The van der Waals surface area contributed by atoms with E-state index in [4.69, 9.17) is 4.74 Å². The number of aliphatic hydroxyl groups is 1. The zero-order valence-electron chi connectivity index (χ0n) is 8.62. The Labute approximate surface area is 87.4 Å². The molecule has 0 amide bonds. The van der Waals surface area contributed by atoms with Gasteiger partial charge in [-0.1, -0.05) is 0 Å². The molecular formula is C10H14N2O3. The van der Waals surface area contributed by atoms with Gasteiger partial charge in [0, 0.05) is 17.7 Å². The van der Waals surface area contributed by atoms with Crippen LogP contribution in [-0.2, 0) is 17.6 Å². The van der Waals surface area contributed by atoms with Gasteiger partial charge >= 0.3 is 5.97 Å². The van der Waals surface area contributed by atoms with E-state index in [1.54, 1.807) is 6.92 Å². The lowest BCUT2D eigenvalue weighted by Gasteiger charge is -2.16. The first-order chi connectivity index (χ1) is 7.22. The predicted octanol–water partition coefficient (Wildman–Crippen LogP) is 0.436. The second-order valence-corrected chi connectivity index (χ2v) is 3.65. The maximum atomic E-state index is 11.5. The SMILES string of the molecule is CCOC(=O)c1n[nH]c2c1CC[C@@H](O)C2. The molecule has 15 heavy (non-hydrogen) atoms. The first-order valence-corrected chi connectivity index (χ1v) is 5.13. The van der Waals surface area contributed by atoms with E-state index < -0.39 is 0 Å². The minimum Gasteiger partial charge on any atom is -0.461 e. The fraction of sp³-hybridized carbons (Fsp3) is 0.600. The van der Waals surface area contributed by atoms with Gasteiger partial charge in [0.1, 0.15) is 0 Å². The number of hydrogen-bond acceptors (Lipinski definition) is 4. The molecule has 0 fully saturated rings. The average molecular weight is 210 g/mol. The number of carbonyl (C=O) groups excluding carboxylic acids is 1. The summed E-state index contributed by atoms with van der Waals surface area (Å²) in [6.07, 6.45) is 1.58. The van der Waals surface area contributed by atoms with E-state index in [-0.39, 0.29) is 12.1 Å². The van der Waals surface area contributed by atoms with Gasteiger partial charge in [-0.05, 0) is 19.8 Å². The van der Waals surface area contributed by atoms with Gasteiger partial charge in [0.2, 0.25) is 0 Å². The molecule has 1 aliphatic rings. The van der Waals surface area contributed by atoms with Gasteiger partial charge in [0.15, 0.2) is 5.69 Å². The number of aromatic nitrogens is 2. The standard InChI is InChI=1S/C10H14N2O3/c1-2-15-10(14)9-7-4-3-6(13)5-8(7)11-12-9/h6,13H,2-5H2,1H3,(H,11,12)/t6-/m1/s1. The van der Waals surface area contributed by atoms with Crippen molar-refractivity contribution in [1.29, 1.82) is 0 Å². The number of H-pyrrole nitrogens is 1. The minimum atomic E-state index is -0.383. The van der Waals surface area contributed by atoms with Crippen molar-refractivity contribution in [3.63, 3.8) is 0 Å². The van der Waals surface area contributed by atoms with Crippen LogP contribution in [0.25, 0.3) is 0 Å². The number of ether oxygens (including phenoxy) is 1. The highest BCUT2D eigenvalue weighted by Crippen LogP contribution is 2.22. The van der Waals surface area contributed by atoms with E-state index in [0.29, 0.717) is 31.6 Å². The van der Waals surface area contributed by atoms with Crippen LogP contribution >= 0.6 is 0 Å².